The van der Waals surface area contributed by atoms with Crippen molar-refractivity contribution in [2.45, 2.75) is 25.1 Å². The van der Waals surface area contributed by atoms with Crippen LogP contribution in [0, 0.1) is 11.6 Å². The van der Waals surface area contributed by atoms with Gasteiger partial charge in [0.2, 0.25) is 5.95 Å². The van der Waals surface area contributed by atoms with Crippen LogP contribution in [0.4, 0.5) is 27.9 Å². The van der Waals surface area contributed by atoms with E-state index in [4.69, 9.17) is 4.74 Å². The Kier molecular flexibility index (Phi) is 5.99. The van der Waals surface area contributed by atoms with E-state index in [1.165, 1.54) is 17.9 Å². The third-order valence-corrected chi connectivity index (χ3v) is 6.61. The summed E-state index contributed by atoms with van der Waals surface area (Å²) < 4.78 is 75.0. The van der Waals surface area contributed by atoms with Gasteiger partial charge in [-0.2, -0.15) is 23.3 Å². The molecule has 0 atom stereocenters. The van der Waals surface area contributed by atoms with Gasteiger partial charge in [0.25, 0.3) is 0 Å². The van der Waals surface area contributed by atoms with Crippen molar-refractivity contribution in [3.63, 3.8) is 0 Å². The summed E-state index contributed by atoms with van der Waals surface area (Å²) in [5, 5.41) is 14.0. The van der Waals surface area contributed by atoms with E-state index in [9.17, 15) is 27.1 Å². The Bertz CT molecular complexity index is 1250. The number of morpholine rings is 1. The molecule has 35 heavy (non-hydrogen) atoms. The number of hydrogen-bond acceptors (Lipinski definition) is 7. The molecule has 2 fully saturated rings. The van der Waals surface area contributed by atoms with E-state index in [0.717, 1.165) is 52.2 Å². The summed E-state index contributed by atoms with van der Waals surface area (Å²) in [4.78, 5) is 13.3. The molecule has 1 aromatic carbocycles. The maximum Gasteiger partial charge on any atom is 0.419 e. The van der Waals surface area contributed by atoms with E-state index in [1.807, 2.05) is 4.90 Å². The van der Waals surface area contributed by atoms with Crippen LogP contribution in [0.5, 0.6) is 5.75 Å². The number of nitrogens with zero attached hydrogens (tertiary/aromatic N) is 6. The van der Waals surface area contributed by atoms with Gasteiger partial charge < -0.3 is 14.7 Å². The molecule has 0 aliphatic carbocycles. The Morgan fingerprint density at radius 2 is 1.74 bits per heavy atom. The number of benzene rings is 1. The van der Waals surface area contributed by atoms with Crippen LogP contribution in [-0.2, 0) is 18.0 Å². The molecule has 0 saturated carbocycles. The number of alkyl halides is 3. The highest BCUT2D eigenvalue weighted by molar-refractivity contribution is 5.91. The second kappa shape index (κ2) is 8.86. The van der Waals surface area contributed by atoms with Crippen molar-refractivity contribution < 1.29 is 31.8 Å². The molecule has 188 valence electrons. The van der Waals surface area contributed by atoms with Gasteiger partial charge in [0.05, 0.1) is 24.2 Å². The van der Waals surface area contributed by atoms with Crippen LogP contribution in [-0.4, -0.2) is 75.2 Å². The first-order valence-electron chi connectivity index (χ1n) is 11.2. The standard InChI is InChI=1S/C22H23F5N6O2/c1-31-20-14(18(30-31)13-10-15(22(25,26)27)17(24)19(34)16(13)23)11-28-21(29-20)33-4-2-12(3-5-33)32-6-8-35-9-7-32/h10-12,34H,2-9H2,1H3. The number of fused-ring (bicyclic) bond motifs is 1. The summed E-state index contributed by atoms with van der Waals surface area (Å²) in [6, 6.07) is 0.760. The van der Waals surface area contributed by atoms with Crippen molar-refractivity contribution in [3.05, 3.63) is 29.5 Å². The average Bonchev–Trinajstić information content (AvgIpc) is 3.18. The Morgan fingerprint density at radius 1 is 1.06 bits per heavy atom. The molecular formula is C22H23F5N6O2. The fourth-order valence-electron chi connectivity index (χ4n) is 4.75. The largest absolute Gasteiger partial charge is 0.503 e. The van der Waals surface area contributed by atoms with Gasteiger partial charge in [-0.15, -0.1) is 0 Å². The summed E-state index contributed by atoms with van der Waals surface area (Å²) in [5.41, 5.74) is -2.43. The van der Waals surface area contributed by atoms with Crippen molar-refractivity contribution >= 4 is 17.0 Å². The molecule has 13 heteroatoms. The summed E-state index contributed by atoms with van der Waals surface area (Å²) in [6.07, 6.45) is -1.91. The first-order valence-corrected chi connectivity index (χ1v) is 11.2. The smallest absolute Gasteiger partial charge is 0.419 e. The number of anilines is 1. The Hall–Kier alpha value is -3.06. The minimum atomic E-state index is -5.13. The van der Waals surface area contributed by atoms with Crippen molar-refractivity contribution in [1.29, 1.82) is 0 Å². The second-order valence-corrected chi connectivity index (χ2v) is 8.69. The molecule has 2 aliphatic heterocycles. The molecule has 1 N–H and O–H groups in total. The average molecular weight is 498 g/mol. The molecule has 2 aromatic heterocycles. The zero-order chi connectivity index (χ0) is 24.9. The highest BCUT2D eigenvalue weighted by Crippen LogP contribution is 2.41. The van der Waals surface area contributed by atoms with Crippen LogP contribution in [0.1, 0.15) is 18.4 Å². The molecule has 0 amide bonds. The van der Waals surface area contributed by atoms with E-state index in [-0.39, 0.29) is 16.7 Å². The lowest BCUT2D eigenvalue weighted by Gasteiger charge is -2.40. The molecule has 5 rings (SSSR count). The van der Waals surface area contributed by atoms with Crippen LogP contribution in [0.25, 0.3) is 22.3 Å². The van der Waals surface area contributed by atoms with Crippen LogP contribution < -0.4 is 4.90 Å². The monoisotopic (exact) mass is 498 g/mol. The number of aryl methyl sites for hydroxylation is 1. The van der Waals surface area contributed by atoms with Crippen molar-refractivity contribution in [1.82, 2.24) is 24.6 Å². The highest BCUT2D eigenvalue weighted by atomic mass is 19.4. The normalized spacial score (nSPS) is 18.5. The number of phenolic OH excluding ortho intramolecular Hbond substituents is 1. The summed E-state index contributed by atoms with van der Waals surface area (Å²) in [6.45, 7) is 4.76. The first kappa shape index (κ1) is 23.7. The van der Waals surface area contributed by atoms with Crippen molar-refractivity contribution in [2.24, 2.45) is 7.05 Å². The molecule has 0 spiro atoms. The molecule has 3 aromatic rings. The Balaban J connectivity index is 1.45. The van der Waals surface area contributed by atoms with Gasteiger partial charge >= 0.3 is 6.18 Å². The van der Waals surface area contributed by atoms with Crippen molar-refractivity contribution in [3.8, 4) is 17.0 Å². The minimum Gasteiger partial charge on any atom is -0.503 e. The number of aromatic hydroxyl groups is 1. The van der Waals surface area contributed by atoms with Gasteiger partial charge in [-0.1, -0.05) is 0 Å². The number of hydrogen-bond donors (Lipinski definition) is 1. The zero-order valence-electron chi connectivity index (χ0n) is 18.8. The van der Waals surface area contributed by atoms with E-state index < -0.39 is 34.7 Å². The fraction of sp³-hybridized carbons (Fsp3) is 0.500. The van der Waals surface area contributed by atoms with Gasteiger partial charge in [-0.05, 0) is 18.9 Å². The van der Waals surface area contributed by atoms with Crippen LogP contribution in [0.15, 0.2) is 12.3 Å². The third-order valence-electron chi connectivity index (χ3n) is 6.61. The lowest BCUT2D eigenvalue weighted by molar-refractivity contribution is -0.140. The molecular weight excluding hydrogens is 475 g/mol. The number of aromatic nitrogens is 4. The molecule has 0 unspecified atom stereocenters. The fourth-order valence-corrected chi connectivity index (χ4v) is 4.75. The van der Waals surface area contributed by atoms with Gasteiger partial charge in [-0.25, -0.2) is 18.4 Å². The van der Waals surface area contributed by atoms with E-state index in [1.54, 1.807) is 0 Å². The van der Waals surface area contributed by atoms with Gasteiger partial charge in [0.15, 0.2) is 23.0 Å². The van der Waals surface area contributed by atoms with Crippen LogP contribution in [0.2, 0.25) is 0 Å². The Labute approximate surface area is 196 Å². The highest BCUT2D eigenvalue weighted by Gasteiger charge is 2.38. The quantitative estimate of drug-likeness (QED) is 0.555. The second-order valence-electron chi connectivity index (χ2n) is 8.69. The zero-order valence-corrected chi connectivity index (χ0v) is 18.8. The summed E-state index contributed by atoms with van der Waals surface area (Å²) in [7, 11) is 1.51. The van der Waals surface area contributed by atoms with Crippen LogP contribution >= 0.6 is 0 Å². The maximum absolute atomic E-state index is 14.6. The molecule has 0 bridgehead atoms. The minimum absolute atomic E-state index is 0.178. The Morgan fingerprint density at radius 3 is 2.40 bits per heavy atom. The predicted octanol–water partition coefficient (Wildman–Crippen LogP) is 3.33. The first-order chi connectivity index (χ1) is 16.6. The van der Waals surface area contributed by atoms with E-state index in [2.05, 4.69) is 20.0 Å². The summed E-state index contributed by atoms with van der Waals surface area (Å²) in [5.74, 6) is -4.89. The number of ether oxygens (including phenoxy) is 1. The molecule has 2 saturated heterocycles. The topological polar surface area (TPSA) is 79.5 Å². The lowest BCUT2D eigenvalue weighted by atomic mass is 10.0. The van der Waals surface area contributed by atoms with Crippen LogP contribution in [0.3, 0.4) is 0 Å². The lowest BCUT2D eigenvalue weighted by Crippen LogP contribution is -2.49. The van der Waals surface area contributed by atoms with Crippen molar-refractivity contribution in [2.75, 3.05) is 44.3 Å². The predicted molar refractivity (Wildman–Crippen MR) is 116 cm³/mol. The number of phenols is 1. The maximum atomic E-state index is 14.6. The molecule has 4 heterocycles. The number of halogens is 5. The molecule has 2 aliphatic rings. The van der Waals surface area contributed by atoms with Gasteiger partial charge in [-0.3, -0.25) is 4.90 Å². The number of rotatable bonds is 3. The SMILES string of the molecule is Cn1nc(-c2cc(C(F)(F)F)c(F)c(O)c2F)c2cnc(N3CCC(N4CCOCC4)CC3)nc21. The van der Waals surface area contributed by atoms with Gasteiger partial charge in [0, 0.05) is 51.0 Å². The molecule has 0 radical (unpaired) electrons. The van der Waals surface area contributed by atoms with Gasteiger partial charge in [0.1, 0.15) is 5.69 Å². The van der Waals surface area contributed by atoms with E-state index in [0.29, 0.717) is 18.1 Å². The van der Waals surface area contributed by atoms with E-state index >= 15 is 0 Å². The third kappa shape index (κ3) is 4.27. The summed E-state index contributed by atoms with van der Waals surface area (Å²) >= 11 is 0. The molecule has 8 nitrogen and oxygen atoms in total. The number of piperidine rings is 1.